The standard InChI is InChI=1S/C11H15NS2/c1-3-10(13-8-1)14-12-7-6-11(9-12)4-2-5-11/h1,3,8H,2,4-7,9H2. The molecule has 0 aromatic carbocycles. The van der Waals surface area contributed by atoms with Gasteiger partial charge in [0.05, 0.1) is 4.21 Å². The molecule has 3 heteroatoms. The lowest BCUT2D eigenvalue weighted by molar-refractivity contribution is 0.155. The monoisotopic (exact) mass is 225 g/mol. The molecule has 76 valence electrons. The highest BCUT2D eigenvalue weighted by Gasteiger charge is 2.42. The van der Waals surface area contributed by atoms with Crippen molar-refractivity contribution in [3.63, 3.8) is 0 Å². The van der Waals surface area contributed by atoms with Crippen molar-refractivity contribution in [3.05, 3.63) is 17.5 Å². The molecule has 2 fully saturated rings. The highest BCUT2D eigenvalue weighted by molar-refractivity contribution is 7.98. The fourth-order valence-corrected chi connectivity index (χ4v) is 4.52. The first-order valence-electron chi connectivity index (χ1n) is 5.33. The van der Waals surface area contributed by atoms with Crippen LogP contribution in [0.25, 0.3) is 0 Å². The minimum absolute atomic E-state index is 0.740. The van der Waals surface area contributed by atoms with Gasteiger partial charge in [-0.05, 0) is 48.1 Å². The molecule has 1 aromatic heterocycles. The summed E-state index contributed by atoms with van der Waals surface area (Å²) < 4.78 is 4.01. The first kappa shape index (κ1) is 9.25. The molecule has 1 aromatic rings. The highest BCUT2D eigenvalue weighted by Crippen LogP contribution is 2.50. The summed E-state index contributed by atoms with van der Waals surface area (Å²) in [6.45, 7) is 2.62. The van der Waals surface area contributed by atoms with Crippen molar-refractivity contribution >= 4 is 23.3 Å². The molecule has 0 bridgehead atoms. The molecule has 1 spiro atoms. The van der Waals surface area contributed by atoms with Crippen molar-refractivity contribution in [1.82, 2.24) is 4.31 Å². The molecular formula is C11H15NS2. The Bertz CT molecular complexity index is 303. The first-order valence-corrected chi connectivity index (χ1v) is 6.98. The van der Waals surface area contributed by atoms with E-state index in [-0.39, 0.29) is 0 Å². The van der Waals surface area contributed by atoms with Crippen molar-refractivity contribution in [2.45, 2.75) is 29.9 Å². The van der Waals surface area contributed by atoms with Crippen LogP contribution >= 0.6 is 23.3 Å². The van der Waals surface area contributed by atoms with Crippen LogP contribution in [0, 0.1) is 5.41 Å². The van der Waals surface area contributed by atoms with E-state index in [9.17, 15) is 0 Å². The molecule has 1 saturated carbocycles. The van der Waals surface area contributed by atoms with Gasteiger partial charge < -0.3 is 0 Å². The summed E-state index contributed by atoms with van der Waals surface area (Å²) in [6.07, 6.45) is 5.87. The van der Waals surface area contributed by atoms with Gasteiger partial charge in [0, 0.05) is 13.1 Å². The predicted octanol–water partition coefficient (Wildman–Crippen LogP) is 3.63. The Morgan fingerprint density at radius 3 is 2.86 bits per heavy atom. The highest BCUT2D eigenvalue weighted by atomic mass is 32.2. The van der Waals surface area contributed by atoms with Crippen LogP contribution in [-0.2, 0) is 0 Å². The molecule has 1 aliphatic carbocycles. The van der Waals surface area contributed by atoms with Crippen LogP contribution in [0.2, 0.25) is 0 Å². The minimum Gasteiger partial charge on any atom is -0.245 e. The summed E-state index contributed by atoms with van der Waals surface area (Å²) in [5.74, 6) is 0. The Morgan fingerprint density at radius 2 is 2.29 bits per heavy atom. The Balaban J connectivity index is 1.60. The second kappa shape index (κ2) is 3.54. The smallest absolute Gasteiger partial charge is 0.0753 e. The molecule has 14 heavy (non-hydrogen) atoms. The van der Waals surface area contributed by atoms with E-state index in [1.165, 1.54) is 43.0 Å². The molecule has 0 radical (unpaired) electrons. The Hall–Kier alpha value is 0.01000. The molecule has 0 N–H and O–H groups in total. The number of nitrogens with zero attached hydrogens (tertiary/aromatic N) is 1. The van der Waals surface area contributed by atoms with E-state index < -0.39 is 0 Å². The zero-order valence-corrected chi connectivity index (χ0v) is 9.87. The minimum atomic E-state index is 0.740. The van der Waals surface area contributed by atoms with Gasteiger partial charge >= 0.3 is 0 Å². The van der Waals surface area contributed by atoms with Crippen LogP contribution in [0.1, 0.15) is 25.7 Å². The van der Waals surface area contributed by atoms with Crippen LogP contribution < -0.4 is 0 Å². The van der Waals surface area contributed by atoms with Crippen molar-refractivity contribution in [3.8, 4) is 0 Å². The normalized spacial score (nSPS) is 25.4. The van der Waals surface area contributed by atoms with Gasteiger partial charge in [-0.3, -0.25) is 0 Å². The van der Waals surface area contributed by atoms with Crippen molar-refractivity contribution in [2.24, 2.45) is 5.41 Å². The Morgan fingerprint density at radius 1 is 1.36 bits per heavy atom. The fraction of sp³-hybridized carbons (Fsp3) is 0.636. The van der Waals surface area contributed by atoms with Gasteiger partial charge in [0.15, 0.2) is 0 Å². The maximum absolute atomic E-state index is 2.56. The maximum atomic E-state index is 2.56. The van der Waals surface area contributed by atoms with Crippen LogP contribution in [-0.4, -0.2) is 17.4 Å². The molecular weight excluding hydrogens is 210 g/mol. The number of thiophene rings is 1. The largest absolute Gasteiger partial charge is 0.245 e. The van der Waals surface area contributed by atoms with E-state index in [1.54, 1.807) is 0 Å². The lowest BCUT2D eigenvalue weighted by Gasteiger charge is -2.37. The molecule has 1 saturated heterocycles. The van der Waals surface area contributed by atoms with E-state index in [0.717, 1.165) is 5.41 Å². The summed E-state index contributed by atoms with van der Waals surface area (Å²) in [6, 6.07) is 4.36. The van der Waals surface area contributed by atoms with Crippen molar-refractivity contribution in [2.75, 3.05) is 13.1 Å². The molecule has 3 rings (SSSR count). The van der Waals surface area contributed by atoms with E-state index in [2.05, 4.69) is 21.8 Å². The third-order valence-corrected chi connectivity index (χ3v) is 5.59. The van der Waals surface area contributed by atoms with Gasteiger partial charge in [-0.1, -0.05) is 12.5 Å². The van der Waals surface area contributed by atoms with Crippen LogP contribution in [0.3, 0.4) is 0 Å². The average Bonchev–Trinajstić information content (AvgIpc) is 2.72. The van der Waals surface area contributed by atoms with E-state index in [4.69, 9.17) is 0 Å². The second-order valence-electron chi connectivity index (χ2n) is 4.49. The SMILES string of the molecule is c1csc(SN2CCC3(CCC3)C2)c1. The quantitative estimate of drug-likeness (QED) is 0.707. The Labute approximate surface area is 93.6 Å². The summed E-state index contributed by atoms with van der Waals surface area (Å²) in [5.41, 5.74) is 0.740. The molecule has 1 nitrogen and oxygen atoms in total. The van der Waals surface area contributed by atoms with Gasteiger partial charge in [-0.15, -0.1) is 11.3 Å². The first-order chi connectivity index (χ1) is 6.86. The summed E-state index contributed by atoms with van der Waals surface area (Å²) >= 11 is 3.82. The molecule has 0 amide bonds. The number of rotatable bonds is 2. The van der Waals surface area contributed by atoms with Crippen molar-refractivity contribution < 1.29 is 0 Å². The topological polar surface area (TPSA) is 3.24 Å². The third kappa shape index (κ3) is 1.62. The van der Waals surface area contributed by atoms with Gasteiger partial charge in [-0.2, -0.15) is 0 Å². The molecule has 0 unspecified atom stereocenters. The maximum Gasteiger partial charge on any atom is 0.0753 e. The lowest BCUT2D eigenvalue weighted by Crippen LogP contribution is -2.31. The fourth-order valence-electron chi connectivity index (χ4n) is 2.50. The molecule has 0 atom stereocenters. The molecule has 2 aliphatic rings. The molecule has 2 heterocycles. The third-order valence-electron chi connectivity index (χ3n) is 3.53. The van der Waals surface area contributed by atoms with E-state index in [0.29, 0.717) is 0 Å². The summed E-state index contributed by atoms with van der Waals surface area (Å²) in [7, 11) is 0. The van der Waals surface area contributed by atoms with Gasteiger partial charge in [0.25, 0.3) is 0 Å². The number of hydrogen-bond donors (Lipinski definition) is 0. The van der Waals surface area contributed by atoms with Crippen LogP contribution in [0.4, 0.5) is 0 Å². The van der Waals surface area contributed by atoms with E-state index >= 15 is 0 Å². The van der Waals surface area contributed by atoms with Crippen LogP contribution in [0.5, 0.6) is 0 Å². The Kier molecular flexibility index (Phi) is 2.34. The second-order valence-corrected chi connectivity index (χ2v) is 6.84. The zero-order valence-electron chi connectivity index (χ0n) is 8.24. The van der Waals surface area contributed by atoms with Gasteiger partial charge in [0.1, 0.15) is 0 Å². The van der Waals surface area contributed by atoms with E-state index in [1.807, 2.05) is 23.3 Å². The number of hydrogen-bond acceptors (Lipinski definition) is 3. The lowest BCUT2D eigenvalue weighted by atomic mass is 9.68. The van der Waals surface area contributed by atoms with Crippen LogP contribution in [0.15, 0.2) is 21.7 Å². The van der Waals surface area contributed by atoms with Gasteiger partial charge in [0.2, 0.25) is 0 Å². The predicted molar refractivity (Wildman–Crippen MR) is 62.7 cm³/mol. The average molecular weight is 225 g/mol. The molecule has 1 aliphatic heterocycles. The van der Waals surface area contributed by atoms with Gasteiger partial charge in [-0.25, -0.2) is 4.31 Å². The summed E-state index contributed by atoms with van der Waals surface area (Å²) in [4.78, 5) is 0. The zero-order chi connectivity index (χ0) is 9.43. The summed E-state index contributed by atoms with van der Waals surface area (Å²) in [5, 5.41) is 2.16. The van der Waals surface area contributed by atoms with Crippen molar-refractivity contribution in [1.29, 1.82) is 0 Å².